The van der Waals surface area contributed by atoms with E-state index in [9.17, 15) is 14.9 Å². The van der Waals surface area contributed by atoms with Crippen molar-refractivity contribution in [3.8, 4) is 5.75 Å². The van der Waals surface area contributed by atoms with Crippen LogP contribution in [0.4, 0.5) is 5.69 Å². The second-order valence-electron chi connectivity index (χ2n) is 4.16. The number of benzene rings is 2. The standard InChI is InChI=1S/C14H10BrNO5/c15-11-4-5-13(12(7-11)16(19)20)21-8-9-2-1-3-10(6-9)14(17)18/h1-7H,8H2,(H,17,18). The Kier molecular flexibility index (Phi) is 4.54. The number of rotatable bonds is 5. The first-order valence-corrected chi connectivity index (χ1v) is 6.65. The van der Waals surface area contributed by atoms with Crippen molar-refractivity contribution in [1.82, 2.24) is 0 Å². The Morgan fingerprint density at radius 1 is 1.29 bits per heavy atom. The Bertz CT molecular complexity index is 702. The van der Waals surface area contributed by atoms with Crippen molar-refractivity contribution in [1.29, 1.82) is 0 Å². The molecule has 0 unspecified atom stereocenters. The van der Waals surface area contributed by atoms with Crippen molar-refractivity contribution >= 4 is 27.6 Å². The number of ether oxygens (including phenoxy) is 1. The van der Waals surface area contributed by atoms with Crippen LogP contribution < -0.4 is 4.74 Å². The molecule has 0 spiro atoms. The van der Waals surface area contributed by atoms with E-state index >= 15 is 0 Å². The van der Waals surface area contributed by atoms with E-state index in [0.29, 0.717) is 10.0 Å². The minimum absolute atomic E-state index is 0.0452. The number of carboxylic acid groups (broad SMARTS) is 1. The maximum Gasteiger partial charge on any atom is 0.335 e. The van der Waals surface area contributed by atoms with Gasteiger partial charge in [0.1, 0.15) is 6.61 Å². The highest BCUT2D eigenvalue weighted by Gasteiger charge is 2.15. The molecule has 0 atom stereocenters. The van der Waals surface area contributed by atoms with Crippen molar-refractivity contribution in [3.05, 3.63) is 68.2 Å². The van der Waals surface area contributed by atoms with Gasteiger partial charge < -0.3 is 9.84 Å². The third kappa shape index (κ3) is 3.79. The lowest BCUT2D eigenvalue weighted by molar-refractivity contribution is -0.386. The number of nitro groups is 1. The van der Waals surface area contributed by atoms with Crippen LogP contribution in [0.25, 0.3) is 0 Å². The molecular weight excluding hydrogens is 342 g/mol. The lowest BCUT2D eigenvalue weighted by atomic mass is 10.1. The van der Waals surface area contributed by atoms with Gasteiger partial charge in [0, 0.05) is 10.5 Å². The average Bonchev–Trinajstić information content (AvgIpc) is 2.46. The van der Waals surface area contributed by atoms with Gasteiger partial charge in [-0.25, -0.2) is 4.79 Å². The van der Waals surface area contributed by atoms with Gasteiger partial charge in [-0.3, -0.25) is 10.1 Å². The molecule has 21 heavy (non-hydrogen) atoms. The fourth-order valence-electron chi connectivity index (χ4n) is 1.71. The SMILES string of the molecule is O=C(O)c1cccc(COc2ccc(Br)cc2[N+](=O)[O-])c1. The summed E-state index contributed by atoms with van der Waals surface area (Å²) in [4.78, 5) is 21.3. The highest BCUT2D eigenvalue weighted by molar-refractivity contribution is 9.10. The molecule has 0 aliphatic rings. The Hall–Kier alpha value is -2.41. The van der Waals surface area contributed by atoms with Crippen molar-refractivity contribution in [2.75, 3.05) is 0 Å². The minimum Gasteiger partial charge on any atom is -0.482 e. The Labute approximate surface area is 128 Å². The first-order valence-electron chi connectivity index (χ1n) is 5.86. The third-order valence-corrected chi connectivity index (χ3v) is 3.18. The number of hydrogen-bond acceptors (Lipinski definition) is 4. The smallest absolute Gasteiger partial charge is 0.335 e. The Morgan fingerprint density at radius 3 is 2.71 bits per heavy atom. The first kappa shape index (κ1) is 15.0. The number of nitro benzene ring substituents is 1. The van der Waals surface area contributed by atoms with Crippen molar-refractivity contribution in [2.24, 2.45) is 0 Å². The van der Waals surface area contributed by atoms with Crippen LogP contribution >= 0.6 is 15.9 Å². The first-order chi connectivity index (χ1) is 9.97. The molecule has 0 heterocycles. The molecule has 0 saturated carbocycles. The van der Waals surface area contributed by atoms with E-state index in [-0.39, 0.29) is 23.6 Å². The molecule has 0 amide bonds. The quantitative estimate of drug-likeness (QED) is 0.656. The summed E-state index contributed by atoms with van der Waals surface area (Å²) in [6.45, 7) is 0.0452. The number of carbonyl (C=O) groups is 1. The number of aromatic carboxylic acids is 1. The lowest BCUT2D eigenvalue weighted by Crippen LogP contribution is -2.01. The molecule has 6 nitrogen and oxygen atoms in total. The summed E-state index contributed by atoms with van der Waals surface area (Å²) in [5.41, 5.74) is 0.604. The zero-order valence-electron chi connectivity index (χ0n) is 10.7. The Morgan fingerprint density at radius 2 is 2.05 bits per heavy atom. The predicted octanol–water partition coefficient (Wildman–Crippen LogP) is 3.63. The van der Waals surface area contributed by atoms with Gasteiger partial charge in [0.15, 0.2) is 5.75 Å². The van der Waals surface area contributed by atoms with Crippen LogP contribution in [0.2, 0.25) is 0 Å². The molecule has 0 aliphatic heterocycles. The summed E-state index contributed by atoms with van der Waals surface area (Å²) < 4.78 is 6.00. The second kappa shape index (κ2) is 6.36. The van der Waals surface area contributed by atoms with Crippen molar-refractivity contribution in [2.45, 2.75) is 6.61 Å². The van der Waals surface area contributed by atoms with E-state index in [1.165, 1.54) is 24.3 Å². The van der Waals surface area contributed by atoms with Crippen LogP contribution in [0.15, 0.2) is 46.9 Å². The van der Waals surface area contributed by atoms with Crippen molar-refractivity contribution in [3.63, 3.8) is 0 Å². The monoisotopic (exact) mass is 351 g/mol. The molecule has 2 aromatic carbocycles. The molecule has 0 fully saturated rings. The van der Waals surface area contributed by atoms with E-state index < -0.39 is 10.9 Å². The lowest BCUT2D eigenvalue weighted by Gasteiger charge is -2.07. The van der Waals surface area contributed by atoms with Crippen LogP contribution in [0.3, 0.4) is 0 Å². The van der Waals surface area contributed by atoms with Gasteiger partial charge >= 0.3 is 11.7 Å². The number of carboxylic acids is 1. The van der Waals surface area contributed by atoms with E-state index in [4.69, 9.17) is 9.84 Å². The Balaban J connectivity index is 2.18. The van der Waals surface area contributed by atoms with Gasteiger partial charge in [0.05, 0.1) is 10.5 Å². The molecule has 7 heteroatoms. The maximum absolute atomic E-state index is 11.0. The molecule has 0 aromatic heterocycles. The predicted molar refractivity (Wildman–Crippen MR) is 78.5 cm³/mol. The molecular formula is C14H10BrNO5. The topological polar surface area (TPSA) is 89.7 Å². The van der Waals surface area contributed by atoms with Gasteiger partial charge in [-0.1, -0.05) is 28.1 Å². The minimum atomic E-state index is -1.04. The molecule has 0 saturated heterocycles. The van der Waals surface area contributed by atoms with Crippen LogP contribution in [-0.4, -0.2) is 16.0 Å². The van der Waals surface area contributed by atoms with Gasteiger partial charge in [-0.2, -0.15) is 0 Å². The largest absolute Gasteiger partial charge is 0.482 e. The highest BCUT2D eigenvalue weighted by atomic mass is 79.9. The molecule has 2 rings (SSSR count). The van der Waals surface area contributed by atoms with Gasteiger partial charge in [-0.05, 0) is 29.8 Å². The normalized spacial score (nSPS) is 10.1. The number of nitrogens with zero attached hydrogens (tertiary/aromatic N) is 1. The fraction of sp³-hybridized carbons (Fsp3) is 0.0714. The molecule has 0 aliphatic carbocycles. The summed E-state index contributed by atoms with van der Waals surface area (Å²) in [5, 5.41) is 19.9. The zero-order chi connectivity index (χ0) is 15.4. The van der Waals surface area contributed by atoms with Crippen LogP contribution in [-0.2, 0) is 6.61 Å². The van der Waals surface area contributed by atoms with Gasteiger partial charge in [-0.15, -0.1) is 0 Å². The van der Waals surface area contributed by atoms with E-state index in [0.717, 1.165) is 0 Å². The maximum atomic E-state index is 11.0. The average molecular weight is 352 g/mol. The molecule has 0 bridgehead atoms. The van der Waals surface area contributed by atoms with Crippen LogP contribution in [0, 0.1) is 10.1 Å². The summed E-state index contributed by atoms with van der Waals surface area (Å²) in [5.74, 6) is -0.907. The van der Waals surface area contributed by atoms with Gasteiger partial charge in [0.2, 0.25) is 0 Å². The molecule has 2 aromatic rings. The summed E-state index contributed by atoms with van der Waals surface area (Å²) >= 11 is 3.16. The summed E-state index contributed by atoms with van der Waals surface area (Å²) in [6.07, 6.45) is 0. The zero-order valence-corrected chi connectivity index (χ0v) is 12.2. The highest BCUT2D eigenvalue weighted by Crippen LogP contribution is 2.30. The van der Waals surface area contributed by atoms with E-state index in [1.54, 1.807) is 18.2 Å². The summed E-state index contributed by atoms with van der Waals surface area (Å²) in [7, 11) is 0. The number of hydrogen-bond donors (Lipinski definition) is 1. The van der Waals surface area contributed by atoms with Crippen LogP contribution in [0.5, 0.6) is 5.75 Å². The molecule has 1 N–H and O–H groups in total. The van der Waals surface area contributed by atoms with Gasteiger partial charge in [0.25, 0.3) is 0 Å². The fourth-order valence-corrected chi connectivity index (χ4v) is 2.06. The third-order valence-electron chi connectivity index (χ3n) is 2.69. The van der Waals surface area contributed by atoms with Crippen molar-refractivity contribution < 1.29 is 19.6 Å². The van der Waals surface area contributed by atoms with E-state index in [2.05, 4.69) is 15.9 Å². The number of halogens is 1. The summed E-state index contributed by atoms with van der Waals surface area (Å²) in [6, 6.07) is 10.7. The molecule has 0 radical (unpaired) electrons. The van der Waals surface area contributed by atoms with E-state index in [1.807, 2.05) is 0 Å². The van der Waals surface area contributed by atoms with Crippen LogP contribution in [0.1, 0.15) is 15.9 Å². The second-order valence-corrected chi connectivity index (χ2v) is 5.08. The molecule has 108 valence electrons.